The Labute approximate surface area is 216 Å². The lowest BCUT2D eigenvalue weighted by Gasteiger charge is -2.49. The summed E-state index contributed by atoms with van der Waals surface area (Å²) >= 11 is 0. The second-order valence-electron chi connectivity index (χ2n) is 8.76. The third-order valence-corrected chi connectivity index (χ3v) is 6.77. The van der Waals surface area contributed by atoms with Gasteiger partial charge in [0.2, 0.25) is 0 Å². The van der Waals surface area contributed by atoms with Crippen LogP contribution in [0.1, 0.15) is 12.8 Å². The number of hydrogen-bond acceptors (Lipinski definition) is 13. The zero-order valence-electron chi connectivity index (χ0n) is 22.4. The Morgan fingerprint density at radius 2 is 1.11 bits per heavy atom. The Bertz CT molecular complexity index is 725. The van der Waals surface area contributed by atoms with Gasteiger partial charge in [0.25, 0.3) is 11.8 Å². The maximum Gasteiger partial charge on any atom is 0.253 e. The first kappa shape index (κ1) is 30.2. The molecule has 37 heavy (non-hydrogen) atoms. The fraction of sp³-hybridized carbons (Fsp3) is 0.913. The van der Waals surface area contributed by atoms with Crippen molar-refractivity contribution in [3.63, 3.8) is 0 Å². The summed E-state index contributed by atoms with van der Waals surface area (Å²) in [4.78, 5) is 29.7. The molecule has 3 fully saturated rings. The predicted molar refractivity (Wildman–Crippen MR) is 122 cm³/mol. The van der Waals surface area contributed by atoms with Gasteiger partial charge < -0.3 is 47.4 Å². The highest BCUT2D eigenvalue weighted by atomic mass is 16.8. The van der Waals surface area contributed by atoms with Crippen molar-refractivity contribution < 1.29 is 61.8 Å². The van der Waals surface area contributed by atoms with Gasteiger partial charge in [-0.15, -0.1) is 0 Å². The second kappa shape index (κ2) is 14.2. The van der Waals surface area contributed by atoms with Crippen molar-refractivity contribution in [3.8, 4) is 0 Å². The maximum absolute atomic E-state index is 12.1. The molecule has 0 radical (unpaired) electrons. The van der Waals surface area contributed by atoms with E-state index in [1.807, 2.05) is 0 Å². The standard InChI is InChI=1S/C23H39NO13/c1-27-10-12-16(28-2)18(29-3)21(32-6)23(36-12)37-17-13(11-34-24-14(25)8-9-15(24)26)35-22(33-7)20(31-5)19(17)30-4/h12-13,16-23H,8-11H2,1-7H3/t12-,13-,16-,17-,18+,19+,20-,21-,22-,23-/m1/s1. The van der Waals surface area contributed by atoms with Crippen LogP contribution in [0.2, 0.25) is 0 Å². The quantitative estimate of drug-likeness (QED) is 0.273. The van der Waals surface area contributed by atoms with Crippen molar-refractivity contribution in [2.45, 2.75) is 74.3 Å². The molecule has 0 unspecified atom stereocenters. The molecular weight excluding hydrogens is 498 g/mol. The average Bonchev–Trinajstić information content (AvgIpc) is 3.23. The van der Waals surface area contributed by atoms with Crippen LogP contribution >= 0.6 is 0 Å². The van der Waals surface area contributed by atoms with Crippen LogP contribution in [0.15, 0.2) is 0 Å². The third kappa shape index (κ3) is 6.47. The summed E-state index contributed by atoms with van der Waals surface area (Å²) in [5.74, 6) is -0.851. The third-order valence-electron chi connectivity index (χ3n) is 6.77. The number of rotatable bonds is 13. The lowest BCUT2D eigenvalue weighted by Crippen LogP contribution is -2.66. The molecule has 10 atom stereocenters. The first-order chi connectivity index (χ1) is 17.9. The van der Waals surface area contributed by atoms with Gasteiger partial charge >= 0.3 is 0 Å². The highest BCUT2D eigenvalue weighted by molar-refractivity contribution is 6.00. The summed E-state index contributed by atoms with van der Waals surface area (Å²) in [6.07, 6.45) is -7.06. The lowest BCUT2D eigenvalue weighted by atomic mass is 9.96. The molecule has 14 nitrogen and oxygen atoms in total. The second-order valence-corrected chi connectivity index (χ2v) is 8.76. The Morgan fingerprint density at radius 3 is 1.62 bits per heavy atom. The van der Waals surface area contributed by atoms with Gasteiger partial charge in [0.15, 0.2) is 12.6 Å². The minimum atomic E-state index is -0.970. The molecule has 0 spiro atoms. The Balaban J connectivity index is 1.88. The molecule has 3 rings (SSSR count). The highest BCUT2D eigenvalue weighted by Gasteiger charge is 2.53. The van der Waals surface area contributed by atoms with Crippen LogP contribution in [0.3, 0.4) is 0 Å². The van der Waals surface area contributed by atoms with Crippen LogP contribution in [0.5, 0.6) is 0 Å². The Morgan fingerprint density at radius 1 is 0.622 bits per heavy atom. The van der Waals surface area contributed by atoms with Crippen LogP contribution < -0.4 is 0 Å². The van der Waals surface area contributed by atoms with E-state index in [4.69, 9.17) is 52.2 Å². The number of methoxy groups -OCH3 is 7. The molecule has 0 aromatic carbocycles. The van der Waals surface area contributed by atoms with Gasteiger partial charge in [-0.2, -0.15) is 5.06 Å². The van der Waals surface area contributed by atoms with Gasteiger partial charge in [-0.1, -0.05) is 0 Å². The smallest absolute Gasteiger partial charge is 0.253 e. The van der Waals surface area contributed by atoms with E-state index in [1.54, 1.807) is 21.3 Å². The molecule has 0 bridgehead atoms. The summed E-state index contributed by atoms with van der Waals surface area (Å²) in [5.41, 5.74) is 0. The summed E-state index contributed by atoms with van der Waals surface area (Å²) in [6, 6.07) is 0. The predicted octanol–water partition coefficient (Wildman–Crippen LogP) is -0.730. The van der Waals surface area contributed by atoms with E-state index in [0.717, 1.165) is 5.06 Å². The Kier molecular flexibility index (Phi) is 11.6. The van der Waals surface area contributed by atoms with Crippen LogP contribution in [0, 0.1) is 0 Å². The number of hydrogen-bond donors (Lipinski definition) is 0. The number of ether oxygens (including phenoxy) is 10. The van der Waals surface area contributed by atoms with Crippen molar-refractivity contribution in [2.75, 3.05) is 63.0 Å². The SMILES string of the molecule is COC[C@H]1O[C@H](O[C@H]2[C@H](OC)[C@@H](OC)[C@H](OC)O[C@@H]2CON2C(=O)CCC2=O)[C@H](OC)[C@@H](OC)[C@@H]1OC. The van der Waals surface area contributed by atoms with E-state index in [9.17, 15) is 9.59 Å². The lowest BCUT2D eigenvalue weighted by molar-refractivity contribution is -0.368. The van der Waals surface area contributed by atoms with Gasteiger partial charge in [0.05, 0.1) is 6.61 Å². The zero-order chi connectivity index (χ0) is 27.1. The van der Waals surface area contributed by atoms with Gasteiger partial charge in [0, 0.05) is 62.6 Å². The van der Waals surface area contributed by atoms with Crippen molar-refractivity contribution in [1.82, 2.24) is 5.06 Å². The number of nitrogens with zero attached hydrogens (tertiary/aromatic N) is 1. The Hall–Kier alpha value is -1.30. The fourth-order valence-electron chi connectivity index (χ4n) is 4.97. The van der Waals surface area contributed by atoms with Crippen molar-refractivity contribution in [2.24, 2.45) is 0 Å². The van der Waals surface area contributed by atoms with Crippen molar-refractivity contribution in [3.05, 3.63) is 0 Å². The van der Waals surface area contributed by atoms with Gasteiger partial charge in [-0.25, -0.2) is 0 Å². The van der Waals surface area contributed by atoms with Crippen molar-refractivity contribution >= 4 is 11.8 Å². The number of carbonyl (C=O) groups excluding carboxylic acids is 2. The van der Waals surface area contributed by atoms with E-state index >= 15 is 0 Å². The number of carbonyl (C=O) groups is 2. The number of hydroxylamine groups is 2. The molecular formula is C23H39NO13. The van der Waals surface area contributed by atoms with Gasteiger partial charge in [0.1, 0.15) is 55.4 Å². The van der Waals surface area contributed by atoms with Gasteiger partial charge in [-0.05, 0) is 0 Å². The molecule has 3 saturated heterocycles. The van der Waals surface area contributed by atoms with Gasteiger partial charge in [-0.3, -0.25) is 14.4 Å². The maximum atomic E-state index is 12.1. The number of imide groups is 1. The average molecular weight is 538 g/mol. The topological polar surface area (TPSA) is 139 Å². The van der Waals surface area contributed by atoms with E-state index in [1.165, 1.54) is 28.4 Å². The first-order valence-electron chi connectivity index (χ1n) is 12.0. The highest BCUT2D eigenvalue weighted by Crippen LogP contribution is 2.34. The molecule has 3 aliphatic rings. The van der Waals surface area contributed by atoms with Crippen LogP contribution in [-0.2, 0) is 61.8 Å². The summed E-state index contributed by atoms with van der Waals surface area (Å²) in [7, 11) is 10.6. The molecule has 3 aliphatic heterocycles. The van der Waals surface area contributed by atoms with E-state index in [-0.39, 0.29) is 26.1 Å². The van der Waals surface area contributed by atoms with E-state index in [2.05, 4.69) is 0 Å². The summed E-state index contributed by atoms with van der Waals surface area (Å²) in [5, 5.41) is 0.750. The molecule has 0 N–H and O–H groups in total. The normalized spacial score (nSPS) is 38.9. The summed E-state index contributed by atoms with van der Waals surface area (Å²) in [6.45, 7) is 0.000271. The van der Waals surface area contributed by atoms with Crippen molar-refractivity contribution in [1.29, 1.82) is 0 Å². The van der Waals surface area contributed by atoms with Crippen LogP contribution in [0.25, 0.3) is 0 Å². The molecule has 0 aromatic rings. The molecule has 0 aromatic heterocycles. The molecule has 14 heteroatoms. The molecule has 2 amide bonds. The number of amides is 2. The van der Waals surface area contributed by atoms with E-state index in [0.29, 0.717) is 0 Å². The minimum Gasteiger partial charge on any atom is -0.382 e. The monoisotopic (exact) mass is 537 g/mol. The first-order valence-corrected chi connectivity index (χ1v) is 12.0. The largest absolute Gasteiger partial charge is 0.382 e. The molecule has 214 valence electrons. The van der Waals surface area contributed by atoms with Crippen LogP contribution in [-0.4, -0.2) is 141 Å². The fourth-order valence-corrected chi connectivity index (χ4v) is 4.97. The zero-order valence-corrected chi connectivity index (χ0v) is 22.4. The molecule has 0 aliphatic carbocycles. The molecule has 3 heterocycles. The molecule has 0 saturated carbocycles. The summed E-state index contributed by atoms with van der Waals surface area (Å²) < 4.78 is 58.0. The van der Waals surface area contributed by atoms with E-state index < -0.39 is 73.2 Å². The van der Waals surface area contributed by atoms with Crippen LogP contribution in [0.4, 0.5) is 0 Å². The minimum absolute atomic E-state index is 0.0861.